The van der Waals surface area contributed by atoms with Crippen LogP contribution < -0.4 is 5.73 Å². The molecule has 0 unspecified atom stereocenters. The van der Waals surface area contributed by atoms with Crippen LogP contribution in [0.5, 0.6) is 0 Å². The molecule has 100 valence electrons. The summed E-state index contributed by atoms with van der Waals surface area (Å²) in [7, 11) is 0. The topological polar surface area (TPSA) is 77.8 Å². The van der Waals surface area contributed by atoms with Crippen molar-refractivity contribution >= 4 is 0 Å². The molecule has 1 aliphatic rings. The van der Waals surface area contributed by atoms with Gasteiger partial charge in [0.05, 0.1) is 17.3 Å². The molecule has 6 heteroatoms. The van der Waals surface area contributed by atoms with Gasteiger partial charge in [0, 0.05) is 6.20 Å². The molecule has 0 amide bonds. The fourth-order valence-corrected chi connectivity index (χ4v) is 2.49. The van der Waals surface area contributed by atoms with Gasteiger partial charge in [-0.2, -0.15) is 4.98 Å². The largest absolute Gasteiger partial charge is 0.334 e. The van der Waals surface area contributed by atoms with Gasteiger partial charge >= 0.3 is 0 Å². The molecule has 1 fully saturated rings. The Bertz CT molecular complexity index is 578. The van der Waals surface area contributed by atoms with Crippen LogP contribution in [0.15, 0.2) is 23.0 Å². The zero-order chi connectivity index (χ0) is 13.3. The van der Waals surface area contributed by atoms with E-state index < -0.39 is 11.4 Å². The highest BCUT2D eigenvalue weighted by atomic mass is 19.1. The van der Waals surface area contributed by atoms with Gasteiger partial charge in [0.25, 0.3) is 5.89 Å². The Kier molecular flexibility index (Phi) is 3.02. The van der Waals surface area contributed by atoms with Crippen molar-refractivity contribution in [3.63, 3.8) is 0 Å². The van der Waals surface area contributed by atoms with E-state index in [1.165, 1.54) is 18.7 Å². The van der Waals surface area contributed by atoms with Crippen molar-refractivity contribution in [2.75, 3.05) is 0 Å². The van der Waals surface area contributed by atoms with Crippen LogP contribution >= 0.6 is 0 Å². The SMILES string of the molecule is NC1(c2noc(-c3ccncc3F)n2)CCCCC1. The van der Waals surface area contributed by atoms with Crippen LogP contribution in [0.1, 0.15) is 37.9 Å². The molecule has 3 rings (SSSR count). The monoisotopic (exact) mass is 262 g/mol. The number of aromatic nitrogens is 3. The molecule has 2 aromatic rings. The second-order valence-corrected chi connectivity index (χ2v) is 5.00. The Balaban J connectivity index is 1.93. The van der Waals surface area contributed by atoms with Gasteiger partial charge < -0.3 is 10.3 Å². The fraction of sp³-hybridized carbons (Fsp3) is 0.462. The van der Waals surface area contributed by atoms with Crippen molar-refractivity contribution in [3.8, 4) is 11.5 Å². The second-order valence-electron chi connectivity index (χ2n) is 5.00. The first kappa shape index (κ1) is 12.2. The summed E-state index contributed by atoms with van der Waals surface area (Å²) in [5.41, 5.74) is 6.04. The van der Waals surface area contributed by atoms with Crippen LogP contribution in [0.2, 0.25) is 0 Å². The molecule has 5 nitrogen and oxygen atoms in total. The molecule has 19 heavy (non-hydrogen) atoms. The number of hydrogen-bond donors (Lipinski definition) is 1. The first-order valence-electron chi connectivity index (χ1n) is 6.42. The fourth-order valence-electron chi connectivity index (χ4n) is 2.49. The van der Waals surface area contributed by atoms with Crippen molar-refractivity contribution in [2.24, 2.45) is 5.73 Å². The van der Waals surface area contributed by atoms with E-state index >= 15 is 0 Å². The Morgan fingerprint density at radius 3 is 2.79 bits per heavy atom. The van der Waals surface area contributed by atoms with Gasteiger partial charge in [0.15, 0.2) is 11.6 Å². The van der Waals surface area contributed by atoms with E-state index in [1.54, 1.807) is 0 Å². The zero-order valence-corrected chi connectivity index (χ0v) is 10.5. The highest BCUT2D eigenvalue weighted by Crippen LogP contribution is 2.34. The standard InChI is InChI=1S/C13H15FN4O/c14-10-8-16-7-4-9(10)11-17-12(18-19-11)13(15)5-2-1-3-6-13/h4,7-8H,1-3,5-6,15H2. The lowest BCUT2D eigenvalue weighted by atomic mass is 9.82. The van der Waals surface area contributed by atoms with Gasteiger partial charge in [0.2, 0.25) is 0 Å². The quantitative estimate of drug-likeness (QED) is 0.899. The summed E-state index contributed by atoms with van der Waals surface area (Å²) < 4.78 is 18.7. The smallest absolute Gasteiger partial charge is 0.261 e. The molecule has 0 saturated heterocycles. The van der Waals surface area contributed by atoms with Crippen LogP contribution in [0.25, 0.3) is 11.5 Å². The van der Waals surface area contributed by atoms with Crippen LogP contribution in [0, 0.1) is 5.82 Å². The van der Waals surface area contributed by atoms with Crippen LogP contribution in [0.4, 0.5) is 4.39 Å². The maximum Gasteiger partial charge on any atom is 0.261 e. The van der Waals surface area contributed by atoms with Crippen LogP contribution in [-0.2, 0) is 5.54 Å². The molecule has 2 N–H and O–H groups in total. The minimum atomic E-state index is -0.538. The maximum absolute atomic E-state index is 13.6. The number of pyridine rings is 1. The summed E-state index contributed by atoms with van der Waals surface area (Å²) in [6.07, 6.45) is 7.59. The van der Waals surface area contributed by atoms with Gasteiger partial charge in [-0.25, -0.2) is 4.39 Å². The summed E-state index contributed by atoms with van der Waals surface area (Å²) in [4.78, 5) is 7.96. The van der Waals surface area contributed by atoms with Crippen LogP contribution in [0.3, 0.4) is 0 Å². The molecule has 0 aromatic carbocycles. The third-order valence-electron chi connectivity index (χ3n) is 3.62. The van der Waals surface area contributed by atoms with Gasteiger partial charge in [-0.15, -0.1) is 0 Å². The zero-order valence-electron chi connectivity index (χ0n) is 10.5. The van der Waals surface area contributed by atoms with Crippen molar-refractivity contribution in [3.05, 3.63) is 30.1 Å². The predicted molar refractivity (Wildman–Crippen MR) is 66.4 cm³/mol. The minimum absolute atomic E-state index is 0.158. The number of rotatable bonds is 2. The summed E-state index contributed by atoms with van der Waals surface area (Å²) in [6.45, 7) is 0. The first-order chi connectivity index (χ1) is 9.19. The molecule has 0 aliphatic heterocycles. The minimum Gasteiger partial charge on any atom is -0.334 e. The van der Waals surface area contributed by atoms with Gasteiger partial charge in [-0.1, -0.05) is 24.4 Å². The normalized spacial score (nSPS) is 18.4. The third-order valence-corrected chi connectivity index (χ3v) is 3.62. The van der Waals surface area contributed by atoms with E-state index in [0.29, 0.717) is 5.82 Å². The third kappa shape index (κ3) is 2.23. The Morgan fingerprint density at radius 2 is 2.05 bits per heavy atom. The van der Waals surface area contributed by atoms with Gasteiger partial charge in [-0.05, 0) is 18.9 Å². The van der Waals surface area contributed by atoms with E-state index in [2.05, 4.69) is 15.1 Å². The molecule has 0 radical (unpaired) electrons. The molecule has 1 saturated carbocycles. The molecule has 0 spiro atoms. The lowest BCUT2D eigenvalue weighted by Crippen LogP contribution is -2.39. The molecule has 0 atom stereocenters. The number of hydrogen-bond acceptors (Lipinski definition) is 5. The molecular formula is C13H15FN4O. The molecular weight excluding hydrogens is 247 g/mol. The van der Waals surface area contributed by atoms with Crippen LogP contribution in [-0.4, -0.2) is 15.1 Å². The van der Waals surface area contributed by atoms with Crippen molar-refractivity contribution < 1.29 is 8.91 Å². The summed E-state index contributed by atoms with van der Waals surface area (Å²) in [5, 5.41) is 3.93. The van der Waals surface area contributed by atoms with Crippen molar-refractivity contribution in [2.45, 2.75) is 37.6 Å². The Hall–Kier alpha value is -1.82. The molecule has 2 heterocycles. The van der Waals surface area contributed by atoms with Crippen molar-refractivity contribution in [1.82, 2.24) is 15.1 Å². The Morgan fingerprint density at radius 1 is 1.26 bits per heavy atom. The van der Waals surface area contributed by atoms with E-state index in [1.807, 2.05) is 0 Å². The first-order valence-corrected chi connectivity index (χ1v) is 6.42. The summed E-state index contributed by atoms with van der Waals surface area (Å²) >= 11 is 0. The summed E-state index contributed by atoms with van der Waals surface area (Å²) in [6, 6.07) is 1.51. The van der Waals surface area contributed by atoms with E-state index in [4.69, 9.17) is 10.3 Å². The Labute approximate surface area is 110 Å². The number of nitrogens with two attached hydrogens (primary N) is 1. The van der Waals surface area contributed by atoms with Gasteiger partial charge in [0.1, 0.15) is 0 Å². The second kappa shape index (κ2) is 4.70. The van der Waals surface area contributed by atoms with E-state index in [9.17, 15) is 4.39 Å². The summed E-state index contributed by atoms with van der Waals surface area (Å²) in [5.74, 6) is 0.149. The maximum atomic E-state index is 13.6. The molecule has 1 aliphatic carbocycles. The average Bonchev–Trinajstić information content (AvgIpc) is 2.90. The lowest BCUT2D eigenvalue weighted by molar-refractivity contribution is 0.275. The number of halogens is 1. The molecule has 2 aromatic heterocycles. The highest BCUT2D eigenvalue weighted by molar-refractivity contribution is 5.52. The van der Waals surface area contributed by atoms with E-state index in [0.717, 1.165) is 31.9 Å². The number of nitrogens with zero attached hydrogens (tertiary/aromatic N) is 3. The van der Waals surface area contributed by atoms with E-state index in [-0.39, 0.29) is 11.5 Å². The lowest BCUT2D eigenvalue weighted by Gasteiger charge is -2.29. The van der Waals surface area contributed by atoms with Gasteiger partial charge in [-0.3, -0.25) is 4.98 Å². The predicted octanol–water partition coefficient (Wildman–Crippen LogP) is 2.39. The van der Waals surface area contributed by atoms with Crippen molar-refractivity contribution in [1.29, 1.82) is 0 Å². The molecule has 0 bridgehead atoms. The average molecular weight is 262 g/mol. The highest BCUT2D eigenvalue weighted by Gasteiger charge is 2.34.